The number of amides is 3. The molecule has 2 aromatic carbocycles. The average Bonchev–Trinajstić information content (AvgIpc) is 3.49. The molecule has 1 atom stereocenters. The van der Waals surface area contributed by atoms with E-state index in [-0.39, 0.29) is 34.8 Å². The van der Waals surface area contributed by atoms with E-state index in [0.717, 1.165) is 51.2 Å². The van der Waals surface area contributed by atoms with E-state index >= 15 is 0 Å². The van der Waals surface area contributed by atoms with Gasteiger partial charge in [-0.25, -0.2) is 9.37 Å². The van der Waals surface area contributed by atoms with Gasteiger partial charge in [0.05, 0.1) is 11.9 Å². The third-order valence-corrected chi connectivity index (χ3v) is 9.72. The Morgan fingerprint density at radius 3 is 2.37 bits per heavy atom. The summed E-state index contributed by atoms with van der Waals surface area (Å²) in [5, 5.41) is 6.03. The van der Waals surface area contributed by atoms with Crippen molar-refractivity contribution in [2.24, 2.45) is 18.9 Å². The molecule has 3 heterocycles. The zero-order valence-corrected chi connectivity index (χ0v) is 29.4. The average molecular weight is 716 g/mol. The van der Waals surface area contributed by atoms with Crippen molar-refractivity contribution in [2.75, 3.05) is 64.7 Å². The van der Waals surface area contributed by atoms with Gasteiger partial charge in [-0.1, -0.05) is 13.8 Å². The highest BCUT2D eigenvalue weighted by atomic mass is 19.3. The number of hydrogen-bond donors (Lipinski definition) is 2. The standard InChI is InChI=1S/C36H45F4N7O4/c1-5-23(11-12-44(3)21-22-18-41-19-22)34(49)46-13-15-47(16-14-46)35(50)26-8-7-25(17-24(26)6-2)43-33(48)32-42-20-28(45(32)4)27-9-10-29(51-36(39)40)31(38)30(27)37/h7-10,17,20,22-23,36,41H,5-6,11-16,18-19,21H2,1-4H3,(H,43,48). The van der Waals surface area contributed by atoms with Crippen molar-refractivity contribution >= 4 is 23.4 Å². The third kappa shape index (κ3) is 8.70. The molecule has 15 heteroatoms. The van der Waals surface area contributed by atoms with Crippen LogP contribution in [0, 0.1) is 23.5 Å². The Labute approximate surface area is 294 Å². The van der Waals surface area contributed by atoms with E-state index in [9.17, 15) is 31.9 Å². The molecular weight excluding hydrogens is 670 g/mol. The first kappa shape index (κ1) is 37.7. The first-order chi connectivity index (χ1) is 24.4. The van der Waals surface area contributed by atoms with E-state index in [1.165, 1.54) is 17.8 Å². The Morgan fingerprint density at radius 2 is 1.75 bits per heavy atom. The summed E-state index contributed by atoms with van der Waals surface area (Å²) in [6.07, 6.45) is 3.26. The summed E-state index contributed by atoms with van der Waals surface area (Å²) in [5.41, 5.74) is 1.36. The van der Waals surface area contributed by atoms with E-state index in [2.05, 4.69) is 32.3 Å². The smallest absolute Gasteiger partial charge is 0.387 e. The zero-order valence-electron chi connectivity index (χ0n) is 29.4. The fourth-order valence-corrected chi connectivity index (χ4v) is 6.59. The minimum atomic E-state index is -3.33. The van der Waals surface area contributed by atoms with Gasteiger partial charge in [-0.15, -0.1) is 0 Å². The number of carbonyl (C=O) groups is 3. The normalized spacial score (nSPS) is 15.6. The highest BCUT2D eigenvalue weighted by Gasteiger charge is 2.30. The second-order valence-corrected chi connectivity index (χ2v) is 13.1. The SMILES string of the molecule is CCc1cc(NC(=O)c2ncc(-c3ccc(OC(F)F)c(F)c3F)n2C)ccc1C(=O)N1CCN(C(=O)C(CC)CCN(C)CC2CNC2)CC1. The summed E-state index contributed by atoms with van der Waals surface area (Å²) in [6.45, 7) is 6.41. The van der Waals surface area contributed by atoms with Gasteiger partial charge < -0.3 is 34.6 Å². The molecule has 2 N–H and O–H groups in total. The lowest BCUT2D eigenvalue weighted by Gasteiger charge is -2.37. The fourth-order valence-electron chi connectivity index (χ4n) is 6.59. The van der Waals surface area contributed by atoms with Gasteiger partial charge in [0, 0.05) is 75.6 Å². The molecule has 5 rings (SSSR count). The lowest BCUT2D eigenvalue weighted by Crippen LogP contribution is -2.52. The molecule has 11 nitrogen and oxygen atoms in total. The minimum Gasteiger partial charge on any atom is -0.432 e. The lowest BCUT2D eigenvalue weighted by atomic mass is 9.98. The number of nitrogens with zero attached hydrogens (tertiary/aromatic N) is 5. The quantitative estimate of drug-likeness (QED) is 0.234. The van der Waals surface area contributed by atoms with Crippen LogP contribution in [0.15, 0.2) is 36.5 Å². The molecule has 2 aliphatic rings. The number of halogens is 4. The lowest BCUT2D eigenvalue weighted by molar-refractivity contribution is -0.137. The van der Waals surface area contributed by atoms with Gasteiger partial charge in [0.15, 0.2) is 17.4 Å². The molecule has 0 bridgehead atoms. The molecule has 0 aliphatic carbocycles. The number of piperazine rings is 1. The fraction of sp³-hybridized carbons (Fsp3) is 0.500. The molecule has 3 amide bonds. The van der Waals surface area contributed by atoms with E-state index in [1.54, 1.807) is 23.1 Å². The predicted octanol–water partition coefficient (Wildman–Crippen LogP) is 4.63. The van der Waals surface area contributed by atoms with Crippen LogP contribution in [0.3, 0.4) is 0 Å². The largest absolute Gasteiger partial charge is 0.432 e. The third-order valence-electron chi connectivity index (χ3n) is 9.72. The second-order valence-electron chi connectivity index (χ2n) is 13.1. The molecule has 2 saturated heterocycles. The molecular formula is C36H45F4N7O4. The van der Waals surface area contributed by atoms with Gasteiger partial charge in [-0.05, 0) is 74.7 Å². The number of ether oxygens (including phenoxy) is 1. The number of imidazole rings is 1. The van der Waals surface area contributed by atoms with Crippen LogP contribution in [0.1, 0.15) is 53.2 Å². The van der Waals surface area contributed by atoms with Gasteiger partial charge in [0.25, 0.3) is 11.8 Å². The molecule has 2 fully saturated rings. The first-order valence-electron chi connectivity index (χ1n) is 17.3. The Hall–Kier alpha value is -4.50. The Bertz CT molecular complexity index is 1720. The van der Waals surface area contributed by atoms with E-state index in [1.807, 2.05) is 18.7 Å². The van der Waals surface area contributed by atoms with Crippen LogP contribution < -0.4 is 15.4 Å². The summed E-state index contributed by atoms with van der Waals surface area (Å²) in [5.74, 6) is -4.09. The monoisotopic (exact) mass is 715 g/mol. The van der Waals surface area contributed by atoms with E-state index < -0.39 is 29.9 Å². The molecule has 1 unspecified atom stereocenters. The van der Waals surface area contributed by atoms with Crippen LogP contribution in [0.5, 0.6) is 5.75 Å². The van der Waals surface area contributed by atoms with Gasteiger partial charge in [-0.3, -0.25) is 14.4 Å². The second kappa shape index (κ2) is 16.7. The maximum Gasteiger partial charge on any atom is 0.387 e. The maximum atomic E-state index is 14.8. The van der Waals surface area contributed by atoms with Crippen molar-refractivity contribution in [3.8, 4) is 17.0 Å². The van der Waals surface area contributed by atoms with Gasteiger partial charge in [-0.2, -0.15) is 13.2 Å². The van der Waals surface area contributed by atoms with E-state index in [4.69, 9.17) is 0 Å². The van der Waals surface area contributed by atoms with Crippen LogP contribution >= 0.6 is 0 Å². The predicted molar refractivity (Wildman–Crippen MR) is 184 cm³/mol. The molecule has 0 radical (unpaired) electrons. The van der Waals surface area contributed by atoms with Crippen molar-refractivity contribution < 1.29 is 36.7 Å². The molecule has 276 valence electrons. The van der Waals surface area contributed by atoms with Crippen LogP contribution in [0.4, 0.5) is 23.2 Å². The number of hydrogen-bond acceptors (Lipinski definition) is 7. The Morgan fingerprint density at radius 1 is 1.04 bits per heavy atom. The van der Waals surface area contributed by atoms with Crippen molar-refractivity contribution in [3.63, 3.8) is 0 Å². The number of benzene rings is 2. The van der Waals surface area contributed by atoms with Gasteiger partial charge >= 0.3 is 6.61 Å². The summed E-state index contributed by atoms with van der Waals surface area (Å²) >= 11 is 0. The number of carbonyl (C=O) groups excluding carboxylic acids is 3. The van der Waals surface area contributed by atoms with Gasteiger partial charge in [0.2, 0.25) is 11.7 Å². The van der Waals surface area contributed by atoms with Crippen LogP contribution in [-0.2, 0) is 18.3 Å². The van der Waals surface area contributed by atoms with Crippen molar-refractivity contribution in [1.82, 2.24) is 29.6 Å². The molecule has 51 heavy (non-hydrogen) atoms. The zero-order chi connectivity index (χ0) is 36.8. The van der Waals surface area contributed by atoms with Crippen LogP contribution in [-0.4, -0.2) is 108 Å². The van der Waals surface area contributed by atoms with Crippen molar-refractivity contribution in [1.29, 1.82) is 0 Å². The number of anilines is 1. The van der Waals surface area contributed by atoms with Crippen LogP contribution in [0.2, 0.25) is 0 Å². The number of alkyl halides is 2. The Kier molecular flexibility index (Phi) is 12.3. The summed E-state index contributed by atoms with van der Waals surface area (Å²) in [7, 11) is 3.54. The molecule has 3 aromatic rings. The van der Waals surface area contributed by atoms with Crippen molar-refractivity contribution in [3.05, 3.63) is 65.1 Å². The molecule has 0 saturated carbocycles. The number of rotatable bonds is 14. The first-order valence-corrected chi connectivity index (χ1v) is 17.3. The van der Waals surface area contributed by atoms with Crippen molar-refractivity contribution in [2.45, 2.75) is 39.7 Å². The summed E-state index contributed by atoms with van der Waals surface area (Å²) in [6, 6.07) is 6.90. The Balaban J connectivity index is 1.18. The molecule has 0 spiro atoms. The summed E-state index contributed by atoms with van der Waals surface area (Å²) in [4.78, 5) is 50.2. The number of nitrogens with one attached hydrogen (secondary N) is 2. The maximum absolute atomic E-state index is 14.8. The van der Waals surface area contributed by atoms with Crippen LogP contribution in [0.25, 0.3) is 11.3 Å². The highest BCUT2D eigenvalue weighted by Crippen LogP contribution is 2.31. The van der Waals surface area contributed by atoms with Gasteiger partial charge in [0.1, 0.15) is 0 Å². The summed E-state index contributed by atoms with van der Waals surface area (Å²) < 4.78 is 59.4. The molecule has 1 aromatic heterocycles. The highest BCUT2D eigenvalue weighted by molar-refractivity contribution is 6.03. The molecule has 2 aliphatic heterocycles. The minimum absolute atomic E-state index is 0.0344. The topological polar surface area (TPSA) is 112 Å². The van der Waals surface area contributed by atoms with E-state index in [0.29, 0.717) is 55.3 Å². The number of aryl methyl sites for hydroxylation is 1. The number of aromatic nitrogens is 2.